The van der Waals surface area contributed by atoms with Crippen LogP contribution in [-0.2, 0) is 17.4 Å². The molecule has 1 N–H and O–H groups in total. The molecule has 0 bridgehead atoms. The van der Waals surface area contributed by atoms with Crippen LogP contribution in [0.3, 0.4) is 0 Å². The van der Waals surface area contributed by atoms with E-state index in [4.69, 9.17) is 9.47 Å². The number of hydrogen-bond donors (Lipinski definition) is 1. The van der Waals surface area contributed by atoms with Crippen LogP contribution in [0.4, 0.5) is 34.6 Å². The van der Waals surface area contributed by atoms with Gasteiger partial charge in [-0.25, -0.2) is 4.39 Å². The molecule has 2 aliphatic heterocycles. The van der Waals surface area contributed by atoms with Gasteiger partial charge in [-0.2, -0.15) is 13.2 Å². The van der Waals surface area contributed by atoms with Crippen molar-refractivity contribution in [1.29, 1.82) is 0 Å². The Kier molecular flexibility index (Phi) is 7.97. The highest BCUT2D eigenvalue weighted by molar-refractivity contribution is 5.78. The highest BCUT2D eigenvalue weighted by Crippen LogP contribution is 2.38. The van der Waals surface area contributed by atoms with Gasteiger partial charge in [0.1, 0.15) is 29.0 Å². The van der Waals surface area contributed by atoms with Crippen molar-refractivity contribution in [2.75, 3.05) is 44.6 Å². The van der Waals surface area contributed by atoms with Crippen LogP contribution >= 0.6 is 0 Å². The minimum Gasteiger partial charge on any atom is -0.488 e. The SMILES string of the molecule is O=C(COc1ccc(Nc2ccc([N+](=O)[O-])c(C(F)(F)F)c2)cc1)N1CCN(CC2Cc3cc(F)ccc3O2)CC1. The quantitative estimate of drug-likeness (QED) is 0.229. The van der Waals surface area contributed by atoms with Crippen molar-refractivity contribution in [2.24, 2.45) is 0 Å². The zero-order valence-electron chi connectivity index (χ0n) is 21.7. The predicted octanol–water partition coefficient (Wildman–Crippen LogP) is 5.02. The third-order valence-corrected chi connectivity index (χ3v) is 6.95. The maximum atomic E-state index is 13.4. The number of hydrogen-bond acceptors (Lipinski definition) is 7. The van der Waals surface area contributed by atoms with Crippen molar-refractivity contribution in [3.8, 4) is 11.5 Å². The van der Waals surface area contributed by atoms with E-state index in [0.717, 1.165) is 11.6 Å². The number of nitro groups is 1. The summed E-state index contributed by atoms with van der Waals surface area (Å²) in [6, 6.07) is 13.5. The van der Waals surface area contributed by atoms with Gasteiger partial charge in [-0.15, -0.1) is 0 Å². The van der Waals surface area contributed by atoms with Crippen LogP contribution in [0.15, 0.2) is 60.7 Å². The van der Waals surface area contributed by atoms with E-state index in [1.807, 2.05) is 0 Å². The second-order valence-electron chi connectivity index (χ2n) is 9.80. The number of rotatable bonds is 8. The van der Waals surface area contributed by atoms with Crippen molar-refractivity contribution >= 4 is 23.0 Å². The number of benzene rings is 3. The summed E-state index contributed by atoms with van der Waals surface area (Å²) >= 11 is 0. The molecule has 1 saturated heterocycles. The third kappa shape index (κ3) is 6.85. The number of fused-ring (bicyclic) bond motifs is 1. The Morgan fingerprint density at radius 1 is 1.02 bits per heavy atom. The molecular weight excluding hydrogens is 548 g/mol. The molecule has 1 fully saturated rings. The summed E-state index contributed by atoms with van der Waals surface area (Å²) in [4.78, 5) is 26.5. The van der Waals surface area contributed by atoms with Crippen LogP contribution in [0, 0.1) is 15.9 Å². The smallest absolute Gasteiger partial charge is 0.423 e. The number of alkyl halides is 3. The molecule has 3 aromatic rings. The second kappa shape index (κ2) is 11.6. The van der Waals surface area contributed by atoms with E-state index in [2.05, 4.69) is 10.2 Å². The molecular formula is C28H26F4N4O5. The van der Waals surface area contributed by atoms with E-state index in [1.165, 1.54) is 18.2 Å². The zero-order valence-corrected chi connectivity index (χ0v) is 21.7. The number of carbonyl (C=O) groups excluding carboxylic acids is 1. The summed E-state index contributed by atoms with van der Waals surface area (Å²) in [5.74, 6) is 0.669. The molecule has 1 amide bonds. The lowest BCUT2D eigenvalue weighted by atomic mass is 10.1. The van der Waals surface area contributed by atoms with Crippen LogP contribution in [-0.4, -0.2) is 66.1 Å². The fraction of sp³-hybridized carbons (Fsp3) is 0.321. The van der Waals surface area contributed by atoms with Gasteiger partial charge in [0.15, 0.2) is 6.61 Å². The Labute approximate surface area is 232 Å². The van der Waals surface area contributed by atoms with Gasteiger partial charge in [0.2, 0.25) is 0 Å². The van der Waals surface area contributed by atoms with Gasteiger partial charge in [-0.1, -0.05) is 0 Å². The lowest BCUT2D eigenvalue weighted by Gasteiger charge is -2.35. The minimum absolute atomic E-state index is 0.0313. The molecule has 0 aliphatic carbocycles. The maximum Gasteiger partial charge on any atom is 0.423 e. The van der Waals surface area contributed by atoms with E-state index in [0.29, 0.717) is 62.4 Å². The summed E-state index contributed by atoms with van der Waals surface area (Å²) in [7, 11) is 0. The van der Waals surface area contributed by atoms with E-state index < -0.39 is 22.4 Å². The third-order valence-electron chi connectivity index (χ3n) is 6.95. The number of halogens is 4. The Morgan fingerprint density at radius 2 is 1.73 bits per heavy atom. The van der Waals surface area contributed by atoms with Crippen LogP contribution < -0.4 is 14.8 Å². The Hall–Kier alpha value is -4.39. The number of nitro benzene ring substituents is 1. The fourth-order valence-corrected chi connectivity index (χ4v) is 4.90. The van der Waals surface area contributed by atoms with E-state index >= 15 is 0 Å². The summed E-state index contributed by atoms with van der Waals surface area (Å²) in [5, 5.41) is 13.7. The average Bonchev–Trinajstić information content (AvgIpc) is 3.33. The lowest BCUT2D eigenvalue weighted by Crippen LogP contribution is -2.51. The molecule has 2 aliphatic rings. The molecule has 1 atom stereocenters. The average molecular weight is 575 g/mol. The van der Waals surface area contributed by atoms with Crippen molar-refractivity contribution < 1.29 is 36.8 Å². The molecule has 5 rings (SSSR count). The number of anilines is 2. The first-order valence-electron chi connectivity index (χ1n) is 12.9. The van der Waals surface area contributed by atoms with Crippen LogP contribution in [0.1, 0.15) is 11.1 Å². The predicted molar refractivity (Wildman–Crippen MR) is 141 cm³/mol. The highest BCUT2D eigenvalue weighted by atomic mass is 19.4. The van der Waals surface area contributed by atoms with Crippen LogP contribution in [0.2, 0.25) is 0 Å². The lowest BCUT2D eigenvalue weighted by molar-refractivity contribution is -0.388. The Morgan fingerprint density at radius 3 is 2.41 bits per heavy atom. The topological polar surface area (TPSA) is 97.2 Å². The molecule has 3 aromatic carbocycles. The van der Waals surface area contributed by atoms with E-state index in [9.17, 15) is 32.5 Å². The normalized spacial score (nSPS) is 17.1. The Bertz CT molecular complexity index is 1430. The first-order valence-corrected chi connectivity index (χ1v) is 12.9. The van der Waals surface area contributed by atoms with Gasteiger partial charge in [0.05, 0.1) is 4.92 Å². The minimum atomic E-state index is -4.88. The molecule has 9 nitrogen and oxygen atoms in total. The second-order valence-corrected chi connectivity index (χ2v) is 9.80. The largest absolute Gasteiger partial charge is 0.488 e. The molecule has 13 heteroatoms. The highest BCUT2D eigenvalue weighted by Gasteiger charge is 2.38. The summed E-state index contributed by atoms with van der Waals surface area (Å²) in [5.41, 5.74) is -1.04. The first-order chi connectivity index (χ1) is 19.5. The number of piperazine rings is 1. The Balaban J connectivity index is 1.07. The molecule has 0 spiro atoms. The van der Waals surface area contributed by atoms with Gasteiger partial charge in [0, 0.05) is 62.1 Å². The van der Waals surface area contributed by atoms with Gasteiger partial charge in [-0.05, 0) is 54.6 Å². The molecule has 0 radical (unpaired) electrons. The standard InChI is InChI=1S/C28H26F4N4O5/c29-19-1-8-26-18(13-19)14-23(41-26)16-34-9-11-35(12-10-34)27(37)17-40-22-5-2-20(3-6-22)33-21-4-7-25(36(38)39)24(15-21)28(30,31)32/h1-8,13,15,23,33H,9-12,14,16-17H2. The number of nitrogens with zero attached hydrogens (tertiary/aromatic N) is 3. The molecule has 41 heavy (non-hydrogen) atoms. The van der Waals surface area contributed by atoms with Gasteiger partial charge < -0.3 is 19.7 Å². The number of amides is 1. The van der Waals surface area contributed by atoms with Crippen molar-refractivity contribution in [3.63, 3.8) is 0 Å². The summed E-state index contributed by atoms with van der Waals surface area (Å²) in [6.07, 6.45) is -4.28. The molecule has 1 unspecified atom stereocenters. The monoisotopic (exact) mass is 574 g/mol. The number of nitrogens with one attached hydrogen (secondary N) is 1. The molecule has 2 heterocycles. The molecule has 0 saturated carbocycles. The number of carbonyl (C=O) groups is 1. The van der Waals surface area contributed by atoms with Crippen molar-refractivity contribution in [3.05, 3.63) is 87.7 Å². The molecule has 216 valence electrons. The van der Waals surface area contributed by atoms with Crippen molar-refractivity contribution in [1.82, 2.24) is 9.80 Å². The van der Waals surface area contributed by atoms with Crippen LogP contribution in [0.5, 0.6) is 11.5 Å². The zero-order chi connectivity index (χ0) is 29.1. The van der Waals surface area contributed by atoms with E-state index in [-0.39, 0.29) is 30.1 Å². The van der Waals surface area contributed by atoms with Crippen LogP contribution in [0.25, 0.3) is 0 Å². The van der Waals surface area contributed by atoms with Crippen molar-refractivity contribution in [2.45, 2.75) is 18.7 Å². The number of ether oxygens (including phenoxy) is 2. The molecule has 0 aromatic heterocycles. The first kappa shape index (κ1) is 28.1. The van der Waals surface area contributed by atoms with E-state index in [1.54, 1.807) is 35.2 Å². The summed E-state index contributed by atoms with van der Waals surface area (Å²) < 4.78 is 64.6. The maximum absolute atomic E-state index is 13.4. The fourth-order valence-electron chi connectivity index (χ4n) is 4.90. The summed E-state index contributed by atoms with van der Waals surface area (Å²) in [6.45, 7) is 2.94. The van der Waals surface area contributed by atoms with Gasteiger partial charge >= 0.3 is 6.18 Å². The van der Waals surface area contributed by atoms with Gasteiger partial charge in [-0.3, -0.25) is 19.8 Å². The van der Waals surface area contributed by atoms with Gasteiger partial charge in [0.25, 0.3) is 11.6 Å².